The Labute approximate surface area is 162 Å². The topological polar surface area (TPSA) is 17.1 Å². The molecular weight excluding hydrogens is 352 g/mol. The summed E-state index contributed by atoms with van der Waals surface area (Å²) in [5.74, 6) is 0.107. The van der Waals surface area contributed by atoms with Gasteiger partial charge in [-0.3, -0.25) is 4.79 Å². The van der Waals surface area contributed by atoms with Crippen LogP contribution in [0.5, 0.6) is 0 Å². The van der Waals surface area contributed by atoms with E-state index in [-0.39, 0.29) is 5.78 Å². The average Bonchev–Trinajstić information content (AvgIpc) is 3.01. The van der Waals surface area contributed by atoms with Gasteiger partial charge in [0.05, 0.1) is 0 Å². The number of hydrogen-bond acceptors (Lipinski definition) is 1. The molecule has 0 aromatic heterocycles. The molecule has 4 aromatic rings. The molecule has 0 amide bonds. The van der Waals surface area contributed by atoms with Crippen molar-refractivity contribution in [3.05, 3.63) is 107 Å². The maximum Gasteiger partial charge on any atom is 0.194 e. The molecule has 0 atom stereocenters. The number of hydrogen-bond donors (Lipinski definition) is 0. The Morgan fingerprint density at radius 2 is 1.15 bits per heavy atom. The predicted molar refractivity (Wildman–Crippen MR) is 111 cm³/mol. The molecule has 0 radical (unpaired) electrons. The minimum Gasteiger partial charge on any atom is -0.289 e. The monoisotopic (exact) mass is 366 g/mol. The Kier molecular flexibility index (Phi) is 3.70. The third-order valence-corrected chi connectivity index (χ3v) is 5.34. The van der Waals surface area contributed by atoms with Crippen molar-refractivity contribution in [2.75, 3.05) is 0 Å². The molecule has 0 heterocycles. The average molecular weight is 367 g/mol. The van der Waals surface area contributed by atoms with Crippen molar-refractivity contribution in [2.24, 2.45) is 0 Å². The summed E-state index contributed by atoms with van der Waals surface area (Å²) in [6, 6.07) is 30.0. The molecule has 5 rings (SSSR count). The van der Waals surface area contributed by atoms with Crippen molar-refractivity contribution in [1.82, 2.24) is 0 Å². The van der Waals surface area contributed by atoms with Crippen molar-refractivity contribution < 1.29 is 4.79 Å². The highest BCUT2D eigenvalue weighted by Gasteiger charge is 2.28. The molecule has 2 heteroatoms. The van der Waals surface area contributed by atoms with Crippen LogP contribution in [0.4, 0.5) is 0 Å². The van der Waals surface area contributed by atoms with Gasteiger partial charge in [0, 0.05) is 16.1 Å². The highest BCUT2D eigenvalue weighted by atomic mass is 35.5. The van der Waals surface area contributed by atoms with E-state index in [1.165, 1.54) is 0 Å². The van der Waals surface area contributed by atoms with E-state index in [4.69, 9.17) is 11.6 Å². The molecule has 0 spiro atoms. The third-order valence-electron chi connectivity index (χ3n) is 5.11. The van der Waals surface area contributed by atoms with Gasteiger partial charge in [0.15, 0.2) is 5.78 Å². The molecule has 128 valence electrons. The largest absolute Gasteiger partial charge is 0.289 e. The first-order valence-electron chi connectivity index (χ1n) is 8.86. The molecule has 27 heavy (non-hydrogen) atoms. The molecule has 4 aromatic carbocycles. The van der Waals surface area contributed by atoms with Crippen molar-refractivity contribution >= 4 is 17.4 Å². The maximum absolute atomic E-state index is 13.0. The summed E-state index contributed by atoms with van der Waals surface area (Å²) in [7, 11) is 0. The van der Waals surface area contributed by atoms with Crippen molar-refractivity contribution in [3.63, 3.8) is 0 Å². The van der Waals surface area contributed by atoms with Crippen LogP contribution in [0.1, 0.15) is 15.9 Å². The molecule has 0 aliphatic heterocycles. The normalized spacial score (nSPS) is 12.0. The van der Waals surface area contributed by atoms with Gasteiger partial charge in [-0.2, -0.15) is 0 Å². The van der Waals surface area contributed by atoms with E-state index in [0.29, 0.717) is 0 Å². The lowest BCUT2D eigenvalue weighted by atomic mass is 9.94. The van der Waals surface area contributed by atoms with Gasteiger partial charge in [-0.25, -0.2) is 0 Å². The van der Waals surface area contributed by atoms with E-state index in [1.807, 2.05) is 66.7 Å². The fourth-order valence-electron chi connectivity index (χ4n) is 3.82. The SMILES string of the molecule is O=C1c2ccccc2-c2cccc(-c3ccc(-c4cccc(Cl)c4)cc3)c21. The van der Waals surface area contributed by atoms with Crippen LogP contribution < -0.4 is 0 Å². The summed E-state index contributed by atoms with van der Waals surface area (Å²) < 4.78 is 0. The van der Waals surface area contributed by atoms with E-state index >= 15 is 0 Å². The first-order valence-corrected chi connectivity index (χ1v) is 9.24. The van der Waals surface area contributed by atoms with Crippen LogP contribution in [0, 0.1) is 0 Å². The van der Waals surface area contributed by atoms with Crippen LogP contribution in [0.3, 0.4) is 0 Å². The Balaban J connectivity index is 1.60. The number of carbonyl (C=O) groups is 1. The predicted octanol–water partition coefficient (Wildman–Crippen LogP) is 6.89. The van der Waals surface area contributed by atoms with Gasteiger partial charge < -0.3 is 0 Å². The molecular formula is C25H15ClO. The zero-order chi connectivity index (χ0) is 18.4. The zero-order valence-electron chi connectivity index (χ0n) is 14.4. The van der Waals surface area contributed by atoms with Crippen LogP contribution in [-0.4, -0.2) is 5.78 Å². The summed E-state index contributed by atoms with van der Waals surface area (Å²) >= 11 is 6.11. The van der Waals surface area contributed by atoms with E-state index < -0.39 is 0 Å². The zero-order valence-corrected chi connectivity index (χ0v) is 15.2. The second kappa shape index (κ2) is 6.22. The van der Waals surface area contributed by atoms with Gasteiger partial charge in [-0.15, -0.1) is 0 Å². The van der Waals surface area contributed by atoms with E-state index in [2.05, 4.69) is 24.3 Å². The van der Waals surface area contributed by atoms with Gasteiger partial charge in [0.2, 0.25) is 0 Å². The highest BCUT2D eigenvalue weighted by Crippen LogP contribution is 2.41. The van der Waals surface area contributed by atoms with Gasteiger partial charge in [0.25, 0.3) is 0 Å². The summed E-state index contributed by atoms with van der Waals surface area (Å²) in [6.07, 6.45) is 0. The smallest absolute Gasteiger partial charge is 0.194 e. The standard InChI is InChI=1S/C25H15ClO/c26-19-6-3-5-18(15-19)16-11-13-17(14-12-16)20-9-4-10-22-21-7-1-2-8-23(21)25(27)24(20)22/h1-15H. The Morgan fingerprint density at radius 1 is 0.519 bits per heavy atom. The summed E-state index contributed by atoms with van der Waals surface area (Å²) in [5, 5.41) is 0.723. The highest BCUT2D eigenvalue weighted by molar-refractivity contribution is 6.30. The van der Waals surface area contributed by atoms with E-state index in [1.54, 1.807) is 0 Å². The van der Waals surface area contributed by atoms with Crippen molar-refractivity contribution in [2.45, 2.75) is 0 Å². The molecule has 0 fully saturated rings. The Hall–Kier alpha value is -3.16. The van der Waals surface area contributed by atoms with Crippen molar-refractivity contribution in [3.8, 4) is 33.4 Å². The summed E-state index contributed by atoms with van der Waals surface area (Å²) in [6.45, 7) is 0. The van der Waals surface area contributed by atoms with Crippen molar-refractivity contribution in [1.29, 1.82) is 0 Å². The minimum atomic E-state index is 0.107. The van der Waals surface area contributed by atoms with Crippen LogP contribution in [0.2, 0.25) is 5.02 Å². The van der Waals surface area contributed by atoms with Gasteiger partial charge in [-0.1, -0.05) is 90.5 Å². The van der Waals surface area contributed by atoms with Gasteiger partial charge >= 0.3 is 0 Å². The molecule has 0 bridgehead atoms. The number of carbonyl (C=O) groups excluding carboxylic acids is 1. The van der Waals surface area contributed by atoms with Crippen LogP contribution in [0.15, 0.2) is 91.0 Å². The number of fused-ring (bicyclic) bond motifs is 3. The molecule has 0 saturated heterocycles. The van der Waals surface area contributed by atoms with Gasteiger partial charge in [-0.05, 0) is 45.5 Å². The fourth-order valence-corrected chi connectivity index (χ4v) is 4.01. The molecule has 0 saturated carbocycles. The third kappa shape index (κ3) is 2.59. The quantitative estimate of drug-likeness (QED) is 0.332. The summed E-state index contributed by atoms with van der Waals surface area (Å²) in [4.78, 5) is 13.0. The van der Waals surface area contributed by atoms with Crippen LogP contribution >= 0.6 is 11.6 Å². The number of rotatable bonds is 2. The first-order chi connectivity index (χ1) is 13.2. The Bertz CT molecular complexity index is 1190. The lowest BCUT2D eigenvalue weighted by Gasteiger charge is -2.09. The molecule has 0 N–H and O–H groups in total. The van der Waals surface area contributed by atoms with Crippen LogP contribution in [-0.2, 0) is 0 Å². The second-order valence-electron chi connectivity index (χ2n) is 6.69. The fraction of sp³-hybridized carbons (Fsp3) is 0. The summed E-state index contributed by atoms with van der Waals surface area (Å²) in [5.41, 5.74) is 7.83. The second-order valence-corrected chi connectivity index (χ2v) is 7.13. The number of halogens is 1. The minimum absolute atomic E-state index is 0.107. The molecule has 1 nitrogen and oxygen atoms in total. The van der Waals surface area contributed by atoms with E-state index in [9.17, 15) is 4.79 Å². The van der Waals surface area contributed by atoms with Gasteiger partial charge in [0.1, 0.15) is 0 Å². The lowest BCUT2D eigenvalue weighted by Crippen LogP contribution is -1.98. The number of ketones is 1. The Morgan fingerprint density at radius 3 is 1.93 bits per heavy atom. The van der Waals surface area contributed by atoms with Crippen LogP contribution in [0.25, 0.3) is 33.4 Å². The molecule has 1 aliphatic rings. The maximum atomic E-state index is 13.0. The van der Waals surface area contributed by atoms with E-state index in [0.717, 1.165) is 49.5 Å². The first kappa shape index (κ1) is 16.0. The lowest BCUT2D eigenvalue weighted by molar-refractivity contribution is 0.104. The number of benzene rings is 4. The molecule has 0 unspecified atom stereocenters. The molecule has 1 aliphatic carbocycles.